The Morgan fingerprint density at radius 1 is 1.09 bits per heavy atom. The summed E-state index contributed by atoms with van der Waals surface area (Å²) in [5.41, 5.74) is 1.63. The van der Waals surface area contributed by atoms with Gasteiger partial charge in [-0.3, -0.25) is 9.69 Å². The molecule has 1 saturated heterocycles. The highest BCUT2D eigenvalue weighted by molar-refractivity contribution is 6.07. The van der Waals surface area contributed by atoms with Gasteiger partial charge < -0.3 is 10.1 Å². The topological polar surface area (TPSA) is 58.6 Å². The van der Waals surface area contributed by atoms with Gasteiger partial charge in [-0.2, -0.15) is 0 Å². The number of hydrogen-bond acceptors (Lipinski definition) is 3. The maximum absolute atomic E-state index is 12.6. The van der Waals surface area contributed by atoms with Crippen molar-refractivity contribution in [2.45, 2.75) is 51.5 Å². The Balaban J connectivity index is 1.59. The lowest BCUT2D eigenvalue weighted by Gasteiger charge is -2.30. The molecule has 23 heavy (non-hydrogen) atoms. The molecule has 1 aromatic carbocycles. The third-order valence-corrected chi connectivity index (χ3v) is 4.73. The number of ether oxygens (including phenoxy) is 1. The number of benzene rings is 1. The molecule has 1 heterocycles. The van der Waals surface area contributed by atoms with E-state index >= 15 is 0 Å². The van der Waals surface area contributed by atoms with E-state index < -0.39 is 5.54 Å². The summed E-state index contributed by atoms with van der Waals surface area (Å²) in [5.74, 6) is 0.702. The zero-order valence-corrected chi connectivity index (χ0v) is 13.9. The van der Waals surface area contributed by atoms with Crippen molar-refractivity contribution in [1.29, 1.82) is 0 Å². The fraction of sp³-hybridized carbons (Fsp3) is 0.556. The molecule has 5 heteroatoms. The largest absolute Gasteiger partial charge is 0.492 e. The highest BCUT2D eigenvalue weighted by Gasteiger charge is 2.50. The summed E-state index contributed by atoms with van der Waals surface area (Å²) in [7, 11) is 0. The molecule has 1 spiro atoms. The van der Waals surface area contributed by atoms with Crippen LogP contribution < -0.4 is 10.1 Å². The molecule has 1 aliphatic carbocycles. The molecule has 1 aliphatic heterocycles. The lowest BCUT2D eigenvalue weighted by Crippen LogP contribution is -2.48. The van der Waals surface area contributed by atoms with Crippen LogP contribution in [0.25, 0.3) is 0 Å². The number of carbonyl (C=O) groups excluding carboxylic acids is 2. The second kappa shape index (κ2) is 6.22. The van der Waals surface area contributed by atoms with E-state index in [1.807, 2.05) is 26.0 Å². The van der Waals surface area contributed by atoms with E-state index in [0.29, 0.717) is 13.2 Å². The predicted octanol–water partition coefficient (Wildman–Crippen LogP) is 2.94. The van der Waals surface area contributed by atoms with Crippen LogP contribution in [0, 0.1) is 13.8 Å². The van der Waals surface area contributed by atoms with Crippen LogP contribution >= 0.6 is 0 Å². The smallest absolute Gasteiger partial charge is 0.325 e. The van der Waals surface area contributed by atoms with Gasteiger partial charge in [0.1, 0.15) is 17.9 Å². The Labute approximate surface area is 137 Å². The maximum Gasteiger partial charge on any atom is 0.325 e. The van der Waals surface area contributed by atoms with E-state index in [9.17, 15) is 9.59 Å². The Hall–Kier alpha value is -2.04. The number of nitrogens with zero attached hydrogens (tertiary/aromatic N) is 1. The third-order valence-electron chi connectivity index (χ3n) is 4.73. The average Bonchev–Trinajstić information content (AvgIpc) is 2.71. The summed E-state index contributed by atoms with van der Waals surface area (Å²) in [6.45, 7) is 4.64. The summed E-state index contributed by atoms with van der Waals surface area (Å²) in [6, 6.07) is 5.72. The molecule has 3 amide bonds. The molecule has 1 saturated carbocycles. The van der Waals surface area contributed by atoms with Crippen LogP contribution in [0.15, 0.2) is 18.2 Å². The average molecular weight is 316 g/mol. The summed E-state index contributed by atoms with van der Waals surface area (Å²) in [6.07, 6.45) is 4.65. The summed E-state index contributed by atoms with van der Waals surface area (Å²) < 4.78 is 5.73. The molecular weight excluding hydrogens is 292 g/mol. The van der Waals surface area contributed by atoms with Gasteiger partial charge in [0, 0.05) is 0 Å². The predicted molar refractivity (Wildman–Crippen MR) is 87.5 cm³/mol. The lowest BCUT2D eigenvalue weighted by atomic mass is 9.82. The molecular formula is C18H24N2O3. The highest BCUT2D eigenvalue weighted by atomic mass is 16.5. The van der Waals surface area contributed by atoms with E-state index in [-0.39, 0.29) is 11.9 Å². The van der Waals surface area contributed by atoms with Crippen molar-refractivity contribution in [2.75, 3.05) is 13.2 Å². The molecule has 0 unspecified atom stereocenters. The molecule has 3 rings (SSSR count). The summed E-state index contributed by atoms with van der Waals surface area (Å²) in [4.78, 5) is 26.1. The fourth-order valence-electron chi connectivity index (χ4n) is 3.64. The van der Waals surface area contributed by atoms with Gasteiger partial charge in [-0.05, 0) is 49.9 Å². The number of amides is 3. The monoisotopic (exact) mass is 316 g/mol. The molecule has 1 aromatic rings. The first-order valence-corrected chi connectivity index (χ1v) is 8.35. The van der Waals surface area contributed by atoms with Crippen molar-refractivity contribution < 1.29 is 14.3 Å². The number of imide groups is 1. The Morgan fingerprint density at radius 2 is 1.74 bits per heavy atom. The Bertz CT molecular complexity index is 600. The van der Waals surface area contributed by atoms with Crippen molar-refractivity contribution in [3.05, 3.63) is 29.3 Å². The van der Waals surface area contributed by atoms with Gasteiger partial charge in [0.25, 0.3) is 5.91 Å². The van der Waals surface area contributed by atoms with Gasteiger partial charge in [-0.25, -0.2) is 4.79 Å². The van der Waals surface area contributed by atoms with Crippen molar-refractivity contribution in [3.8, 4) is 5.75 Å². The normalized spacial score (nSPS) is 20.0. The second-order valence-electron chi connectivity index (χ2n) is 6.70. The van der Waals surface area contributed by atoms with Gasteiger partial charge in [0.15, 0.2) is 0 Å². The lowest BCUT2D eigenvalue weighted by molar-refractivity contribution is -0.132. The van der Waals surface area contributed by atoms with E-state index in [1.54, 1.807) is 0 Å². The number of urea groups is 1. The number of rotatable bonds is 4. The highest BCUT2D eigenvalue weighted by Crippen LogP contribution is 2.33. The number of nitrogens with one attached hydrogen (secondary N) is 1. The first-order chi connectivity index (χ1) is 11.0. The van der Waals surface area contributed by atoms with Crippen molar-refractivity contribution in [2.24, 2.45) is 0 Å². The van der Waals surface area contributed by atoms with Crippen LogP contribution in [-0.2, 0) is 4.79 Å². The van der Waals surface area contributed by atoms with Gasteiger partial charge in [0.2, 0.25) is 0 Å². The van der Waals surface area contributed by atoms with Crippen LogP contribution in [0.1, 0.15) is 43.2 Å². The minimum Gasteiger partial charge on any atom is -0.492 e. The standard InChI is InChI=1S/C18H24N2O3/c1-13-10-14(2)12-15(11-13)23-9-8-20-16(21)18(19-17(20)22)6-4-3-5-7-18/h10-12H,3-9H2,1-2H3,(H,19,22). The van der Waals surface area contributed by atoms with E-state index in [1.165, 1.54) is 4.90 Å². The van der Waals surface area contributed by atoms with Gasteiger partial charge >= 0.3 is 6.03 Å². The minimum absolute atomic E-state index is 0.0776. The minimum atomic E-state index is -0.644. The van der Waals surface area contributed by atoms with Gasteiger partial charge in [-0.15, -0.1) is 0 Å². The first kappa shape index (κ1) is 15.8. The molecule has 5 nitrogen and oxygen atoms in total. The zero-order valence-electron chi connectivity index (χ0n) is 13.9. The molecule has 0 atom stereocenters. The molecule has 0 bridgehead atoms. The molecule has 0 aromatic heterocycles. The van der Waals surface area contributed by atoms with Crippen LogP contribution in [0.2, 0.25) is 0 Å². The molecule has 2 fully saturated rings. The third kappa shape index (κ3) is 3.19. The van der Waals surface area contributed by atoms with Crippen LogP contribution in [-0.4, -0.2) is 35.5 Å². The van der Waals surface area contributed by atoms with E-state index in [2.05, 4.69) is 11.4 Å². The Kier molecular flexibility index (Phi) is 4.28. The zero-order chi connectivity index (χ0) is 16.4. The van der Waals surface area contributed by atoms with Crippen molar-refractivity contribution in [3.63, 3.8) is 0 Å². The number of aryl methyl sites for hydroxylation is 2. The van der Waals surface area contributed by atoms with Crippen LogP contribution in [0.4, 0.5) is 4.79 Å². The van der Waals surface area contributed by atoms with Crippen LogP contribution in [0.5, 0.6) is 5.75 Å². The van der Waals surface area contributed by atoms with Crippen molar-refractivity contribution in [1.82, 2.24) is 10.2 Å². The SMILES string of the molecule is Cc1cc(C)cc(OCCN2C(=O)NC3(CCCCC3)C2=O)c1. The molecule has 124 valence electrons. The fourth-order valence-corrected chi connectivity index (χ4v) is 3.64. The van der Waals surface area contributed by atoms with Crippen molar-refractivity contribution >= 4 is 11.9 Å². The van der Waals surface area contributed by atoms with Gasteiger partial charge in [0.05, 0.1) is 6.54 Å². The first-order valence-electron chi connectivity index (χ1n) is 8.35. The number of carbonyl (C=O) groups is 2. The molecule has 0 radical (unpaired) electrons. The molecule has 2 aliphatic rings. The van der Waals surface area contributed by atoms with E-state index in [4.69, 9.17) is 4.74 Å². The Morgan fingerprint density at radius 3 is 2.39 bits per heavy atom. The second-order valence-corrected chi connectivity index (χ2v) is 6.70. The summed E-state index contributed by atoms with van der Waals surface area (Å²) in [5, 5.41) is 2.92. The van der Waals surface area contributed by atoms with E-state index in [0.717, 1.165) is 49.0 Å². The van der Waals surface area contributed by atoms with Crippen LogP contribution in [0.3, 0.4) is 0 Å². The molecule has 1 N–H and O–H groups in total. The maximum atomic E-state index is 12.6. The van der Waals surface area contributed by atoms with Gasteiger partial charge in [-0.1, -0.05) is 25.3 Å². The number of hydrogen-bond donors (Lipinski definition) is 1. The quantitative estimate of drug-likeness (QED) is 0.869. The summed E-state index contributed by atoms with van der Waals surface area (Å²) >= 11 is 0.